The van der Waals surface area contributed by atoms with Gasteiger partial charge in [0.05, 0.1) is 6.20 Å². The number of aromatic nitrogens is 2. The van der Waals surface area contributed by atoms with Crippen molar-refractivity contribution in [3.05, 3.63) is 83.4 Å². The molecule has 0 spiro atoms. The van der Waals surface area contributed by atoms with E-state index in [4.69, 9.17) is 11.6 Å². The van der Waals surface area contributed by atoms with Crippen molar-refractivity contribution < 1.29 is 14.7 Å². The van der Waals surface area contributed by atoms with Crippen LogP contribution in [-0.2, 0) is 4.79 Å². The minimum atomic E-state index is -0.983. The first-order chi connectivity index (χ1) is 16.0. The first kappa shape index (κ1) is 22.7. The Morgan fingerprint density at radius 3 is 2.33 bits per heavy atom. The molecule has 0 bridgehead atoms. The molecule has 1 aliphatic carbocycles. The Morgan fingerprint density at radius 1 is 1.00 bits per heavy atom. The lowest BCUT2D eigenvalue weighted by Crippen LogP contribution is -2.47. The van der Waals surface area contributed by atoms with Gasteiger partial charge in [-0.15, -0.1) is 0 Å². The number of nitrogens with one attached hydrogen (secondary N) is 1. The molecule has 2 amide bonds. The van der Waals surface area contributed by atoms with Gasteiger partial charge in [0, 0.05) is 29.1 Å². The van der Waals surface area contributed by atoms with E-state index in [-0.39, 0.29) is 23.4 Å². The van der Waals surface area contributed by atoms with E-state index in [1.165, 1.54) is 35.6 Å². The van der Waals surface area contributed by atoms with Crippen molar-refractivity contribution in [3.63, 3.8) is 0 Å². The lowest BCUT2D eigenvalue weighted by Gasteiger charge is -2.33. The van der Waals surface area contributed by atoms with E-state index in [1.807, 2.05) is 0 Å². The molecule has 3 aromatic rings. The summed E-state index contributed by atoms with van der Waals surface area (Å²) >= 11 is 6.09. The molecule has 170 valence electrons. The number of hydrogen-bond donors (Lipinski definition) is 2. The molecular formula is C25H25ClN4O3. The van der Waals surface area contributed by atoms with Gasteiger partial charge in [0.15, 0.2) is 0 Å². The van der Waals surface area contributed by atoms with Gasteiger partial charge in [-0.3, -0.25) is 19.5 Å². The third-order valence-corrected chi connectivity index (χ3v) is 6.02. The molecule has 0 aliphatic heterocycles. The van der Waals surface area contributed by atoms with Crippen molar-refractivity contribution in [3.8, 4) is 5.75 Å². The van der Waals surface area contributed by atoms with Crippen LogP contribution >= 0.6 is 11.6 Å². The van der Waals surface area contributed by atoms with Crippen molar-refractivity contribution in [1.29, 1.82) is 0 Å². The van der Waals surface area contributed by atoms with Crippen molar-refractivity contribution in [2.45, 2.75) is 44.2 Å². The van der Waals surface area contributed by atoms with Gasteiger partial charge in [-0.2, -0.15) is 0 Å². The monoisotopic (exact) mass is 464 g/mol. The Bertz CT molecular complexity index is 1080. The fraction of sp³-hybridized carbons (Fsp3) is 0.280. The molecule has 0 saturated heterocycles. The van der Waals surface area contributed by atoms with Gasteiger partial charge in [-0.25, -0.2) is 4.98 Å². The average molecular weight is 465 g/mol. The third kappa shape index (κ3) is 5.49. The Morgan fingerprint density at radius 2 is 1.70 bits per heavy atom. The van der Waals surface area contributed by atoms with Crippen LogP contribution in [0.5, 0.6) is 5.75 Å². The number of carbonyl (C=O) groups excluding carboxylic acids is 2. The maximum Gasteiger partial charge on any atom is 0.279 e. The zero-order valence-corrected chi connectivity index (χ0v) is 18.8. The number of aromatic hydroxyl groups is 1. The van der Waals surface area contributed by atoms with E-state index >= 15 is 0 Å². The maximum atomic E-state index is 13.7. The van der Waals surface area contributed by atoms with Crippen LogP contribution in [-0.4, -0.2) is 32.9 Å². The lowest BCUT2D eigenvalue weighted by atomic mass is 9.94. The molecule has 7 nitrogen and oxygen atoms in total. The molecule has 1 aliphatic rings. The van der Waals surface area contributed by atoms with Crippen LogP contribution in [0.1, 0.15) is 54.2 Å². The standard InChI is InChI=1S/C25H25ClN4O3/c26-18-8-10-20(11-9-18)30(25(33)22-16-27-14-15-28-22)23(17-6-12-21(31)13-7-17)24(32)29-19-4-2-1-3-5-19/h6-16,19,23,31H,1-5H2,(H,29,32). The number of phenolic OH excluding ortho intramolecular Hbond substituents is 1. The van der Waals surface area contributed by atoms with Gasteiger partial charge >= 0.3 is 0 Å². The number of rotatable bonds is 6. The second-order valence-electron chi connectivity index (χ2n) is 8.08. The van der Waals surface area contributed by atoms with E-state index in [0.717, 1.165) is 32.1 Å². The number of hydrogen-bond acceptors (Lipinski definition) is 5. The first-order valence-corrected chi connectivity index (χ1v) is 11.3. The molecule has 1 atom stereocenters. The zero-order valence-electron chi connectivity index (χ0n) is 18.0. The van der Waals surface area contributed by atoms with Crippen LogP contribution in [0.15, 0.2) is 67.1 Å². The highest BCUT2D eigenvalue weighted by atomic mass is 35.5. The summed E-state index contributed by atoms with van der Waals surface area (Å²) in [6.07, 6.45) is 9.40. The molecule has 0 radical (unpaired) electrons. The number of phenols is 1. The molecular weight excluding hydrogens is 440 g/mol. The van der Waals surface area contributed by atoms with Crippen LogP contribution < -0.4 is 10.2 Å². The fourth-order valence-electron chi connectivity index (χ4n) is 4.12. The SMILES string of the molecule is O=C(NC1CCCCC1)C(c1ccc(O)cc1)N(C(=O)c1cnccn1)c1ccc(Cl)cc1. The number of halogens is 1. The van der Waals surface area contributed by atoms with Crippen molar-refractivity contribution >= 4 is 29.1 Å². The van der Waals surface area contributed by atoms with Gasteiger partial charge in [0.2, 0.25) is 5.91 Å². The average Bonchev–Trinajstić information content (AvgIpc) is 2.85. The highest BCUT2D eigenvalue weighted by molar-refractivity contribution is 6.30. The number of benzene rings is 2. The smallest absolute Gasteiger partial charge is 0.279 e. The fourth-order valence-corrected chi connectivity index (χ4v) is 4.25. The Hall–Kier alpha value is -3.45. The van der Waals surface area contributed by atoms with Crippen molar-refractivity contribution in [2.24, 2.45) is 0 Å². The minimum absolute atomic E-state index is 0.0598. The predicted molar refractivity (Wildman–Crippen MR) is 126 cm³/mol. The molecule has 33 heavy (non-hydrogen) atoms. The molecule has 4 rings (SSSR count). The number of anilines is 1. The third-order valence-electron chi connectivity index (χ3n) is 5.77. The largest absolute Gasteiger partial charge is 0.508 e. The summed E-state index contributed by atoms with van der Waals surface area (Å²) in [6, 6.07) is 12.1. The summed E-state index contributed by atoms with van der Waals surface area (Å²) in [4.78, 5) is 36.9. The van der Waals surface area contributed by atoms with E-state index < -0.39 is 11.9 Å². The molecule has 1 unspecified atom stereocenters. The molecule has 1 fully saturated rings. The minimum Gasteiger partial charge on any atom is -0.508 e. The van der Waals surface area contributed by atoms with Gasteiger partial charge in [0.25, 0.3) is 5.91 Å². The summed E-state index contributed by atoms with van der Waals surface area (Å²) in [6.45, 7) is 0. The lowest BCUT2D eigenvalue weighted by molar-refractivity contribution is -0.123. The van der Waals surface area contributed by atoms with Crippen LogP contribution in [0.3, 0.4) is 0 Å². The van der Waals surface area contributed by atoms with Gasteiger partial charge < -0.3 is 10.4 Å². The normalized spacial score (nSPS) is 14.9. The predicted octanol–water partition coefficient (Wildman–Crippen LogP) is 4.67. The second kappa shape index (κ2) is 10.4. The maximum absolute atomic E-state index is 13.7. The molecule has 1 aromatic heterocycles. The summed E-state index contributed by atoms with van der Waals surface area (Å²) in [7, 11) is 0. The topological polar surface area (TPSA) is 95.4 Å². The zero-order chi connectivity index (χ0) is 23.2. The quantitative estimate of drug-likeness (QED) is 0.552. The van der Waals surface area contributed by atoms with E-state index in [1.54, 1.807) is 36.4 Å². The highest BCUT2D eigenvalue weighted by Crippen LogP contribution is 2.32. The number of carbonyl (C=O) groups is 2. The Balaban J connectivity index is 1.79. The Labute approximate surface area is 197 Å². The molecule has 2 N–H and O–H groups in total. The molecule has 2 aromatic carbocycles. The number of amides is 2. The molecule has 8 heteroatoms. The summed E-state index contributed by atoms with van der Waals surface area (Å²) in [5, 5.41) is 13.5. The van der Waals surface area contributed by atoms with E-state index in [2.05, 4.69) is 15.3 Å². The van der Waals surface area contributed by atoms with Crippen LogP contribution in [0.2, 0.25) is 5.02 Å². The van der Waals surface area contributed by atoms with Gasteiger partial charge in [0.1, 0.15) is 17.5 Å². The van der Waals surface area contributed by atoms with E-state index in [9.17, 15) is 14.7 Å². The highest BCUT2D eigenvalue weighted by Gasteiger charge is 2.35. The summed E-state index contributed by atoms with van der Waals surface area (Å²) in [5.74, 6) is -0.689. The van der Waals surface area contributed by atoms with Gasteiger partial charge in [-0.05, 0) is 54.8 Å². The second-order valence-corrected chi connectivity index (χ2v) is 8.52. The van der Waals surface area contributed by atoms with E-state index in [0.29, 0.717) is 16.3 Å². The Kier molecular flexibility index (Phi) is 7.19. The van der Waals surface area contributed by atoms with Gasteiger partial charge in [-0.1, -0.05) is 43.0 Å². The van der Waals surface area contributed by atoms with Crippen LogP contribution in [0, 0.1) is 0 Å². The van der Waals surface area contributed by atoms with Crippen LogP contribution in [0.4, 0.5) is 5.69 Å². The first-order valence-electron chi connectivity index (χ1n) is 11.0. The molecule has 1 saturated carbocycles. The van der Waals surface area contributed by atoms with Crippen LogP contribution in [0.25, 0.3) is 0 Å². The summed E-state index contributed by atoms with van der Waals surface area (Å²) in [5.41, 5.74) is 1.17. The summed E-state index contributed by atoms with van der Waals surface area (Å²) < 4.78 is 0. The van der Waals surface area contributed by atoms with Crippen molar-refractivity contribution in [2.75, 3.05) is 4.90 Å². The number of nitrogens with zero attached hydrogens (tertiary/aromatic N) is 3. The van der Waals surface area contributed by atoms with Crippen molar-refractivity contribution in [1.82, 2.24) is 15.3 Å². The molecule has 1 heterocycles.